The van der Waals surface area contributed by atoms with Crippen molar-refractivity contribution in [3.05, 3.63) is 83.0 Å². The smallest absolute Gasteiger partial charge is 0.259 e. The summed E-state index contributed by atoms with van der Waals surface area (Å²) in [6.45, 7) is 10.6. The highest BCUT2D eigenvalue weighted by Crippen LogP contribution is 2.39. The molecule has 1 aromatic heterocycles. The first kappa shape index (κ1) is 25.1. The molecule has 1 unspecified atom stereocenters. The van der Waals surface area contributed by atoms with Gasteiger partial charge < -0.3 is 9.64 Å². The van der Waals surface area contributed by atoms with Gasteiger partial charge in [-0.3, -0.25) is 4.79 Å². The Bertz CT molecular complexity index is 1220. The van der Waals surface area contributed by atoms with Crippen LogP contribution in [-0.2, 0) is 17.4 Å². The van der Waals surface area contributed by atoms with E-state index >= 15 is 0 Å². The van der Waals surface area contributed by atoms with Crippen molar-refractivity contribution in [1.29, 1.82) is 0 Å². The van der Waals surface area contributed by atoms with Gasteiger partial charge in [-0.05, 0) is 70.0 Å². The van der Waals surface area contributed by atoms with Crippen LogP contribution < -0.4 is 14.4 Å². The number of hydrogen-bond acceptors (Lipinski definition) is 4. The molecule has 0 saturated carbocycles. The zero-order chi connectivity index (χ0) is 25.2. The number of carbonyl (C=O) groups is 1. The maximum Gasteiger partial charge on any atom is 0.259 e. The van der Waals surface area contributed by atoms with E-state index in [-0.39, 0.29) is 11.9 Å². The molecule has 1 aliphatic rings. The molecule has 1 aliphatic heterocycles. The van der Waals surface area contributed by atoms with Crippen molar-refractivity contribution in [2.45, 2.75) is 64.0 Å². The number of carbonyl (C=O) groups excluding carboxylic acids is 1. The molecule has 0 fully saturated rings. The third-order valence-corrected chi connectivity index (χ3v) is 7.47. The second-order valence-corrected chi connectivity index (χ2v) is 10.8. The summed E-state index contributed by atoms with van der Waals surface area (Å²) in [7, 11) is -1.42. The van der Waals surface area contributed by atoms with Crippen LogP contribution in [0.15, 0.2) is 65.7 Å². The van der Waals surface area contributed by atoms with Gasteiger partial charge >= 0.3 is 0 Å². The van der Waals surface area contributed by atoms with E-state index in [1.165, 1.54) is 5.56 Å². The molecular weight excluding hydrogens is 458 g/mol. The van der Waals surface area contributed by atoms with Gasteiger partial charge in [0, 0.05) is 30.4 Å². The highest BCUT2D eigenvalue weighted by Gasteiger charge is 2.36. The van der Waals surface area contributed by atoms with Crippen LogP contribution in [0.3, 0.4) is 0 Å². The van der Waals surface area contributed by atoms with E-state index in [0.717, 1.165) is 23.2 Å². The number of nitrogens with zero attached hydrogens (tertiary/aromatic N) is 2. The topological polar surface area (TPSA) is 71.5 Å². The molecule has 6 nitrogen and oxygen atoms in total. The van der Waals surface area contributed by atoms with Gasteiger partial charge in [-0.1, -0.05) is 36.8 Å². The van der Waals surface area contributed by atoms with Crippen LogP contribution in [0.1, 0.15) is 67.2 Å². The van der Waals surface area contributed by atoms with Gasteiger partial charge in [0.2, 0.25) is 5.88 Å². The Hall–Kier alpha value is -3.03. The average Bonchev–Trinajstić information content (AvgIpc) is 2.84. The summed E-state index contributed by atoms with van der Waals surface area (Å²) in [5.74, 6) is 0.332. The van der Waals surface area contributed by atoms with Crippen molar-refractivity contribution in [2.75, 3.05) is 11.4 Å². The van der Waals surface area contributed by atoms with Crippen molar-refractivity contribution in [1.82, 2.24) is 9.71 Å². The molecule has 2 heterocycles. The fraction of sp³-hybridized carbons (Fsp3) is 0.357. The summed E-state index contributed by atoms with van der Waals surface area (Å²) >= 11 is 0. The van der Waals surface area contributed by atoms with Crippen LogP contribution in [0.25, 0.3) is 0 Å². The van der Waals surface area contributed by atoms with Gasteiger partial charge in [-0.25, -0.2) is 13.9 Å². The van der Waals surface area contributed by atoms with Gasteiger partial charge in [-0.2, -0.15) is 0 Å². The summed E-state index contributed by atoms with van der Waals surface area (Å²) in [5.41, 5.74) is 3.90. The van der Waals surface area contributed by atoms with E-state index in [4.69, 9.17) is 4.74 Å². The Morgan fingerprint density at radius 1 is 1.14 bits per heavy atom. The van der Waals surface area contributed by atoms with Crippen molar-refractivity contribution in [2.24, 2.45) is 0 Å². The number of ether oxygens (including phenoxy) is 1. The Labute approximate surface area is 210 Å². The molecule has 0 spiro atoms. The predicted octanol–water partition coefficient (Wildman–Crippen LogP) is 5.53. The SMILES string of the molecule is CCc1ccc(S(=O)N[C@H]2CC(C)(C)Oc3ncc(C(=O)N(CC)c4ccc(C)cc4)cc32)cc1. The Morgan fingerprint density at radius 3 is 2.46 bits per heavy atom. The van der Waals surface area contributed by atoms with E-state index in [0.29, 0.717) is 29.3 Å². The zero-order valence-electron chi connectivity index (χ0n) is 21.0. The van der Waals surface area contributed by atoms with Crippen molar-refractivity contribution in [3.63, 3.8) is 0 Å². The second-order valence-electron chi connectivity index (χ2n) is 9.51. The van der Waals surface area contributed by atoms with Crippen molar-refractivity contribution in [3.8, 4) is 5.88 Å². The van der Waals surface area contributed by atoms with Gasteiger partial charge in [0.05, 0.1) is 16.5 Å². The summed E-state index contributed by atoms with van der Waals surface area (Å²) in [5, 5.41) is 0. The van der Waals surface area contributed by atoms with Gasteiger partial charge in [0.25, 0.3) is 5.91 Å². The van der Waals surface area contributed by atoms with Crippen molar-refractivity contribution < 1.29 is 13.7 Å². The maximum atomic E-state index is 13.4. The fourth-order valence-corrected chi connectivity index (χ4v) is 5.29. The van der Waals surface area contributed by atoms with Gasteiger partial charge in [0.1, 0.15) is 16.6 Å². The molecule has 3 aromatic rings. The number of amides is 1. The monoisotopic (exact) mass is 491 g/mol. The summed E-state index contributed by atoms with van der Waals surface area (Å²) in [4.78, 5) is 20.4. The Morgan fingerprint density at radius 2 is 1.83 bits per heavy atom. The number of aromatic nitrogens is 1. The number of hydrogen-bond donors (Lipinski definition) is 1. The van der Waals surface area contributed by atoms with Gasteiger partial charge in [0.15, 0.2) is 0 Å². The molecule has 2 aromatic carbocycles. The summed E-state index contributed by atoms with van der Waals surface area (Å²) in [6.07, 6.45) is 3.09. The number of fused-ring (bicyclic) bond motifs is 1. The van der Waals surface area contributed by atoms with Gasteiger partial charge in [-0.15, -0.1) is 0 Å². The molecule has 35 heavy (non-hydrogen) atoms. The lowest BCUT2D eigenvalue weighted by molar-refractivity contribution is 0.0642. The second kappa shape index (κ2) is 10.3. The van der Waals surface area contributed by atoms with E-state index in [1.54, 1.807) is 11.1 Å². The van der Waals surface area contributed by atoms with Crippen LogP contribution in [0.2, 0.25) is 0 Å². The van der Waals surface area contributed by atoms with E-state index in [1.807, 2.05) is 82.3 Å². The minimum Gasteiger partial charge on any atom is -0.471 e. The summed E-state index contributed by atoms with van der Waals surface area (Å²) < 4.78 is 22.6. The number of nitrogens with one attached hydrogen (secondary N) is 1. The standard InChI is InChI=1S/C28H33N3O3S/c1-6-20-10-14-23(15-11-20)35(33)30-25-17-28(4,5)34-26-24(25)16-21(18-29-26)27(32)31(7-2)22-12-8-19(3)9-13-22/h8-16,18,25,30H,6-7,17H2,1-5H3/t25-,35?/m0/s1. The Kier molecular flexibility index (Phi) is 7.38. The average molecular weight is 492 g/mol. The first-order chi connectivity index (χ1) is 16.7. The molecule has 2 atom stereocenters. The first-order valence-corrected chi connectivity index (χ1v) is 13.2. The lowest BCUT2D eigenvalue weighted by Crippen LogP contribution is -2.40. The first-order valence-electron chi connectivity index (χ1n) is 12.0. The maximum absolute atomic E-state index is 13.4. The van der Waals surface area contributed by atoms with E-state index in [9.17, 15) is 9.00 Å². The minimum absolute atomic E-state index is 0.133. The predicted molar refractivity (Wildman–Crippen MR) is 140 cm³/mol. The summed E-state index contributed by atoms with van der Waals surface area (Å²) in [6, 6.07) is 17.2. The molecule has 4 rings (SSSR count). The number of rotatable bonds is 7. The van der Waals surface area contributed by atoms with Crippen molar-refractivity contribution >= 4 is 22.6 Å². The molecule has 1 amide bonds. The highest BCUT2D eigenvalue weighted by atomic mass is 32.2. The minimum atomic E-state index is -1.42. The normalized spacial score (nSPS) is 17.2. The van der Waals surface area contributed by atoms with E-state index < -0.39 is 16.6 Å². The highest BCUT2D eigenvalue weighted by molar-refractivity contribution is 7.83. The lowest BCUT2D eigenvalue weighted by atomic mass is 9.91. The van der Waals surface area contributed by atoms with Crippen LogP contribution >= 0.6 is 0 Å². The molecular formula is C28H33N3O3S. The zero-order valence-corrected chi connectivity index (χ0v) is 21.8. The van der Waals surface area contributed by atoms with Crippen LogP contribution in [0.4, 0.5) is 5.69 Å². The molecule has 7 heteroatoms. The molecule has 0 bridgehead atoms. The third-order valence-electron chi connectivity index (χ3n) is 6.27. The van der Waals surface area contributed by atoms with Crippen LogP contribution in [0.5, 0.6) is 5.88 Å². The fourth-order valence-electron chi connectivity index (χ4n) is 4.30. The van der Waals surface area contributed by atoms with Crippen LogP contribution in [0, 0.1) is 6.92 Å². The molecule has 1 N–H and O–H groups in total. The number of aryl methyl sites for hydroxylation is 2. The lowest BCUT2D eigenvalue weighted by Gasteiger charge is -2.37. The number of pyridine rings is 1. The molecule has 184 valence electrons. The van der Waals surface area contributed by atoms with E-state index in [2.05, 4.69) is 16.6 Å². The largest absolute Gasteiger partial charge is 0.471 e. The quantitative estimate of drug-likeness (QED) is 0.471. The van der Waals surface area contributed by atoms with Crippen LogP contribution in [-0.4, -0.2) is 27.2 Å². The third kappa shape index (κ3) is 5.63. The molecule has 0 saturated heterocycles. The number of anilines is 1. The molecule has 0 aliphatic carbocycles. The number of benzene rings is 2. The molecule has 0 radical (unpaired) electrons. The Balaban J connectivity index is 1.63.